The van der Waals surface area contributed by atoms with E-state index in [1.54, 1.807) is 13.2 Å². The van der Waals surface area contributed by atoms with Crippen LogP contribution in [0.25, 0.3) is 6.08 Å². The van der Waals surface area contributed by atoms with Gasteiger partial charge in [0.15, 0.2) is 5.69 Å². The zero-order valence-corrected chi connectivity index (χ0v) is 17.9. The molecule has 0 aliphatic carbocycles. The number of carbonyl (C=O) groups excluding carboxylic acids is 1. The predicted molar refractivity (Wildman–Crippen MR) is 123 cm³/mol. The fourth-order valence-corrected chi connectivity index (χ4v) is 3.71. The minimum atomic E-state index is -0.706. The summed E-state index contributed by atoms with van der Waals surface area (Å²) >= 11 is 1.49. The largest absolute Gasteiger partial charge is 0.385 e. The third-order valence-electron chi connectivity index (χ3n) is 4.60. The first-order valence-electron chi connectivity index (χ1n) is 9.69. The molecule has 0 spiro atoms. The van der Waals surface area contributed by atoms with E-state index in [4.69, 9.17) is 10.5 Å². The van der Waals surface area contributed by atoms with Crippen molar-refractivity contribution in [3.63, 3.8) is 0 Å². The lowest BCUT2D eigenvalue weighted by Gasteiger charge is -2.23. The van der Waals surface area contributed by atoms with Gasteiger partial charge in [0.05, 0.1) is 6.54 Å². The molecular formula is C22H24N4O4S. The summed E-state index contributed by atoms with van der Waals surface area (Å²) in [5.41, 5.74) is 5.71. The van der Waals surface area contributed by atoms with Crippen molar-refractivity contribution in [2.24, 2.45) is 0 Å². The van der Waals surface area contributed by atoms with Gasteiger partial charge in [-0.05, 0) is 29.5 Å². The van der Waals surface area contributed by atoms with Gasteiger partial charge in [0.1, 0.15) is 5.82 Å². The number of benzene rings is 1. The summed E-state index contributed by atoms with van der Waals surface area (Å²) in [6.07, 6.45) is 3.57. The number of anilines is 2. The van der Waals surface area contributed by atoms with Gasteiger partial charge >= 0.3 is 5.69 Å². The first-order valence-corrected chi connectivity index (χ1v) is 10.6. The van der Waals surface area contributed by atoms with Crippen LogP contribution in [0, 0.1) is 0 Å². The van der Waals surface area contributed by atoms with Gasteiger partial charge in [-0.1, -0.05) is 36.4 Å². The molecule has 0 atom stereocenters. The minimum absolute atomic E-state index is 0.0486. The van der Waals surface area contributed by atoms with Crippen molar-refractivity contribution in [1.29, 1.82) is 0 Å². The maximum atomic E-state index is 13.0. The lowest BCUT2D eigenvalue weighted by Crippen LogP contribution is -2.41. The van der Waals surface area contributed by atoms with Crippen LogP contribution in [-0.4, -0.2) is 35.7 Å². The zero-order valence-electron chi connectivity index (χ0n) is 17.1. The number of thiophene rings is 1. The van der Waals surface area contributed by atoms with E-state index >= 15 is 0 Å². The molecule has 3 rings (SSSR count). The number of hydrogen-bond acceptors (Lipinski definition) is 6. The molecule has 3 N–H and O–H groups in total. The SMILES string of the molecule is COCCCN(C(=O)/C=C\c1cccs1)c1c(N)n(Cc2ccccc2)c(=O)[nH]c1=O. The summed E-state index contributed by atoms with van der Waals surface area (Å²) in [5, 5.41) is 1.91. The molecule has 3 aromatic rings. The number of methoxy groups -OCH3 is 1. The summed E-state index contributed by atoms with van der Waals surface area (Å²) in [6, 6.07) is 13.0. The van der Waals surface area contributed by atoms with E-state index < -0.39 is 17.2 Å². The van der Waals surface area contributed by atoms with E-state index in [2.05, 4.69) is 4.98 Å². The van der Waals surface area contributed by atoms with Gasteiger partial charge in [0, 0.05) is 31.2 Å². The molecule has 0 bridgehead atoms. The monoisotopic (exact) mass is 440 g/mol. The highest BCUT2D eigenvalue weighted by atomic mass is 32.1. The number of nitrogens with one attached hydrogen (secondary N) is 1. The Hall–Kier alpha value is -3.43. The molecule has 0 aliphatic heterocycles. The Morgan fingerprint density at radius 2 is 2.00 bits per heavy atom. The lowest BCUT2D eigenvalue weighted by atomic mass is 10.2. The molecule has 1 aromatic carbocycles. The summed E-state index contributed by atoms with van der Waals surface area (Å²) in [5.74, 6) is -0.473. The molecule has 2 heterocycles. The van der Waals surface area contributed by atoms with Crippen LogP contribution >= 0.6 is 11.3 Å². The molecule has 2 aromatic heterocycles. The predicted octanol–water partition coefficient (Wildman–Crippen LogP) is 2.31. The molecule has 0 radical (unpaired) electrons. The van der Waals surface area contributed by atoms with Gasteiger partial charge < -0.3 is 15.4 Å². The van der Waals surface area contributed by atoms with Gasteiger partial charge in [-0.15, -0.1) is 11.3 Å². The maximum Gasteiger partial charge on any atom is 0.330 e. The highest BCUT2D eigenvalue weighted by Gasteiger charge is 2.23. The number of H-pyrrole nitrogens is 1. The average molecular weight is 441 g/mol. The Kier molecular flexibility index (Phi) is 7.58. The van der Waals surface area contributed by atoms with Crippen molar-refractivity contribution in [3.8, 4) is 0 Å². The van der Waals surface area contributed by atoms with Crippen LogP contribution in [0.2, 0.25) is 0 Å². The van der Waals surface area contributed by atoms with Crippen LogP contribution in [0.5, 0.6) is 0 Å². The first kappa shape index (κ1) is 22.3. The van der Waals surface area contributed by atoms with Crippen LogP contribution in [0.3, 0.4) is 0 Å². The second-order valence-corrected chi connectivity index (χ2v) is 7.73. The van der Waals surface area contributed by atoms with Crippen LogP contribution in [-0.2, 0) is 16.1 Å². The second-order valence-electron chi connectivity index (χ2n) is 6.75. The fourth-order valence-electron chi connectivity index (χ4n) is 3.09. The topological polar surface area (TPSA) is 110 Å². The fraction of sp³-hybridized carbons (Fsp3) is 0.227. The molecule has 0 fully saturated rings. The van der Waals surface area contributed by atoms with Gasteiger partial charge in [0.2, 0.25) is 0 Å². The first-order chi connectivity index (χ1) is 15.0. The number of hydrogen-bond donors (Lipinski definition) is 2. The van der Waals surface area contributed by atoms with Gasteiger partial charge in [-0.2, -0.15) is 0 Å². The number of nitrogens with two attached hydrogens (primary N) is 1. The Bertz CT molecular complexity index is 1150. The standard InChI is InChI=1S/C22H24N4O4S/c1-30-13-6-12-25(18(27)11-10-17-9-5-14-31-17)19-20(23)26(22(29)24-21(19)28)15-16-7-3-2-4-8-16/h2-5,7-11,14H,6,12-13,15,23H2,1H3,(H,24,28,29)/b11-10-. The van der Waals surface area contributed by atoms with E-state index in [-0.39, 0.29) is 24.6 Å². The van der Waals surface area contributed by atoms with Crippen LogP contribution in [0.4, 0.5) is 11.5 Å². The third-order valence-corrected chi connectivity index (χ3v) is 5.43. The van der Waals surface area contributed by atoms with Crippen molar-refractivity contribution in [2.45, 2.75) is 13.0 Å². The van der Waals surface area contributed by atoms with Crippen LogP contribution in [0.15, 0.2) is 63.5 Å². The van der Waals surface area contributed by atoms with E-state index in [1.807, 2.05) is 47.8 Å². The molecule has 8 nitrogen and oxygen atoms in total. The number of nitrogens with zero attached hydrogens (tertiary/aromatic N) is 2. The highest BCUT2D eigenvalue weighted by Crippen LogP contribution is 2.19. The second kappa shape index (κ2) is 10.6. The Labute approximate surface area is 183 Å². The lowest BCUT2D eigenvalue weighted by molar-refractivity contribution is -0.114. The van der Waals surface area contributed by atoms with Crippen LogP contribution in [0.1, 0.15) is 16.9 Å². The average Bonchev–Trinajstić information content (AvgIpc) is 3.28. The molecule has 9 heteroatoms. The number of amides is 1. The molecule has 162 valence electrons. The Balaban J connectivity index is 2.00. The summed E-state index contributed by atoms with van der Waals surface area (Å²) in [4.78, 5) is 42.6. The maximum absolute atomic E-state index is 13.0. The van der Waals surface area contributed by atoms with E-state index in [0.717, 1.165) is 10.4 Å². The molecule has 31 heavy (non-hydrogen) atoms. The minimum Gasteiger partial charge on any atom is -0.385 e. The normalized spacial score (nSPS) is 11.1. The number of nitrogen functional groups attached to an aromatic ring is 1. The van der Waals surface area contributed by atoms with Gasteiger partial charge in [-0.25, -0.2) is 4.79 Å². The van der Waals surface area contributed by atoms with E-state index in [1.165, 1.54) is 26.9 Å². The van der Waals surface area contributed by atoms with E-state index in [9.17, 15) is 14.4 Å². The molecule has 0 saturated carbocycles. The number of ether oxygens (including phenoxy) is 1. The summed E-state index contributed by atoms with van der Waals surface area (Å²) in [6.45, 7) is 0.776. The Morgan fingerprint density at radius 3 is 2.68 bits per heavy atom. The molecule has 0 saturated heterocycles. The van der Waals surface area contributed by atoms with Gasteiger partial charge in [-0.3, -0.25) is 19.1 Å². The van der Waals surface area contributed by atoms with Crippen LogP contribution < -0.4 is 21.9 Å². The van der Waals surface area contributed by atoms with Crippen molar-refractivity contribution in [3.05, 3.63) is 85.2 Å². The molecule has 1 amide bonds. The van der Waals surface area contributed by atoms with E-state index in [0.29, 0.717) is 13.0 Å². The number of aromatic nitrogens is 2. The summed E-state index contributed by atoms with van der Waals surface area (Å²) in [7, 11) is 1.56. The number of aromatic amines is 1. The quantitative estimate of drug-likeness (QED) is 0.392. The van der Waals surface area contributed by atoms with Crippen molar-refractivity contribution in [1.82, 2.24) is 9.55 Å². The van der Waals surface area contributed by atoms with Gasteiger partial charge in [0.25, 0.3) is 11.5 Å². The smallest absolute Gasteiger partial charge is 0.330 e. The number of rotatable bonds is 9. The molecular weight excluding hydrogens is 416 g/mol. The van der Waals surface area contributed by atoms with Crippen molar-refractivity contribution in [2.75, 3.05) is 30.9 Å². The molecule has 0 unspecified atom stereocenters. The van der Waals surface area contributed by atoms with Crippen molar-refractivity contribution < 1.29 is 9.53 Å². The molecule has 0 aliphatic rings. The highest BCUT2D eigenvalue weighted by molar-refractivity contribution is 7.10. The third kappa shape index (κ3) is 5.59. The zero-order chi connectivity index (χ0) is 22.2. The Morgan fingerprint density at radius 1 is 1.23 bits per heavy atom. The number of carbonyl (C=O) groups is 1. The van der Waals surface area contributed by atoms with Crippen molar-refractivity contribution >= 4 is 34.8 Å². The summed E-state index contributed by atoms with van der Waals surface area (Å²) < 4.78 is 6.34.